The third kappa shape index (κ3) is 5.77. The number of para-hydroxylation sites is 3. The fraction of sp³-hybridized carbons (Fsp3) is 0.109. The molecule has 3 heteroatoms. The van der Waals surface area contributed by atoms with Crippen molar-refractivity contribution in [2.75, 3.05) is 0 Å². The van der Waals surface area contributed by atoms with E-state index in [1.807, 2.05) is 0 Å². The highest BCUT2D eigenvalue weighted by Gasteiger charge is 2.19. The Bertz CT molecular complexity index is 3180. The highest BCUT2D eigenvalue weighted by atomic mass is 15.0. The van der Waals surface area contributed by atoms with Gasteiger partial charge in [0.2, 0.25) is 0 Å². The Morgan fingerprint density at radius 1 is 0.500 bits per heavy atom. The normalized spacial score (nSPS) is 16.7. The van der Waals surface area contributed by atoms with Crippen molar-refractivity contribution in [2.45, 2.75) is 26.7 Å². The molecule has 2 unspecified atom stereocenters. The van der Waals surface area contributed by atoms with Gasteiger partial charge in [-0.05, 0) is 119 Å². The quantitative estimate of drug-likeness (QED) is 0.166. The second-order valence-electron chi connectivity index (χ2n) is 16.1. The van der Waals surface area contributed by atoms with E-state index in [1.165, 1.54) is 77.1 Å². The summed E-state index contributed by atoms with van der Waals surface area (Å²) in [4.78, 5) is 5.31. The first-order valence-electron chi connectivity index (χ1n) is 20.6. The van der Waals surface area contributed by atoms with E-state index in [-0.39, 0.29) is 0 Å². The molecule has 0 aliphatic heterocycles. The van der Waals surface area contributed by atoms with Crippen LogP contribution in [0.25, 0.3) is 88.5 Å². The van der Waals surface area contributed by atoms with Crippen molar-refractivity contribution in [1.29, 1.82) is 0 Å². The van der Waals surface area contributed by atoms with Crippen molar-refractivity contribution in [3.8, 4) is 33.8 Å². The molecule has 11 rings (SSSR count). The van der Waals surface area contributed by atoms with E-state index in [2.05, 4.69) is 211 Å². The van der Waals surface area contributed by atoms with Gasteiger partial charge in [-0.3, -0.25) is 0 Å². The van der Waals surface area contributed by atoms with Crippen LogP contribution in [0.2, 0.25) is 0 Å². The summed E-state index contributed by atoms with van der Waals surface area (Å²) in [5.41, 5.74) is 16.5. The Balaban J connectivity index is 1.00. The molecule has 2 aliphatic carbocycles. The van der Waals surface area contributed by atoms with Crippen LogP contribution in [0.15, 0.2) is 188 Å². The Hall–Kier alpha value is -6.97. The number of rotatable bonds is 6. The highest BCUT2D eigenvalue weighted by Crippen LogP contribution is 2.39. The van der Waals surface area contributed by atoms with E-state index in [0.717, 1.165) is 35.5 Å². The summed E-state index contributed by atoms with van der Waals surface area (Å²) >= 11 is 0. The van der Waals surface area contributed by atoms with Crippen molar-refractivity contribution >= 4 is 54.8 Å². The predicted octanol–water partition coefficient (Wildman–Crippen LogP) is 14.6. The summed E-state index contributed by atoms with van der Waals surface area (Å²) in [5, 5.41) is 5.02. The minimum absolute atomic E-state index is 0.429. The molecule has 6 aromatic carbocycles. The highest BCUT2D eigenvalue weighted by molar-refractivity contribution is 6.12. The minimum atomic E-state index is 0.429. The first-order valence-corrected chi connectivity index (χ1v) is 20.6. The number of fused-ring (bicyclic) bond motifs is 6. The van der Waals surface area contributed by atoms with E-state index in [4.69, 9.17) is 4.98 Å². The third-order valence-corrected chi connectivity index (χ3v) is 12.3. The van der Waals surface area contributed by atoms with Crippen molar-refractivity contribution < 1.29 is 0 Å². The molecular weight excluding hydrogens is 703 g/mol. The zero-order valence-corrected chi connectivity index (χ0v) is 32.8. The molecule has 58 heavy (non-hydrogen) atoms. The van der Waals surface area contributed by atoms with E-state index < -0.39 is 0 Å². The number of nitrogens with zero attached hydrogens (tertiary/aromatic N) is 3. The van der Waals surface area contributed by atoms with Crippen LogP contribution in [0, 0.1) is 11.8 Å². The zero-order chi connectivity index (χ0) is 38.7. The zero-order valence-electron chi connectivity index (χ0n) is 32.8. The molecule has 0 bridgehead atoms. The minimum Gasteiger partial charge on any atom is -0.309 e. The Morgan fingerprint density at radius 3 is 1.88 bits per heavy atom. The van der Waals surface area contributed by atoms with Gasteiger partial charge in [-0.1, -0.05) is 135 Å². The largest absolute Gasteiger partial charge is 0.309 e. The van der Waals surface area contributed by atoms with E-state index in [9.17, 15) is 0 Å². The molecule has 2 aliphatic rings. The summed E-state index contributed by atoms with van der Waals surface area (Å²) in [6.45, 7) is 4.58. The maximum Gasteiger partial charge on any atom is 0.0715 e. The molecule has 0 N–H and O–H groups in total. The van der Waals surface area contributed by atoms with Gasteiger partial charge < -0.3 is 9.13 Å². The summed E-state index contributed by atoms with van der Waals surface area (Å²) in [7, 11) is 0. The maximum atomic E-state index is 5.31. The van der Waals surface area contributed by atoms with Crippen LogP contribution in [0.5, 0.6) is 0 Å². The van der Waals surface area contributed by atoms with Crippen LogP contribution in [0.3, 0.4) is 0 Å². The van der Waals surface area contributed by atoms with Gasteiger partial charge in [0.15, 0.2) is 0 Å². The predicted molar refractivity (Wildman–Crippen MR) is 246 cm³/mol. The average molecular weight is 746 g/mol. The SMILES string of the molecule is CC1C=CC(c2cc(C3=CC=CCC3C)nc(-c3ccc(-n4c5ccccc5c5cc(-c6ccc7c8ccccc8n(-c8ccccc8)c7c6)ccc54)cc3)c2)=CC1. The van der Waals surface area contributed by atoms with Gasteiger partial charge in [-0.15, -0.1) is 0 Å². The lowest BCUT2D eigenvalue weighted by Crippen LogP contribution is -2.05. The van der Waals surface area contributed by atoms with Crippen molar-refractivity contribution in [1.82, 2.24) is 14.1 Å². The Morgan fingerprint density at radius 2 is 1.12 bits per heavy atom. The van der Waals surface area contributed by atoms with Gasteiger partial charge in [0.05, 0.1) is 33.5 Å². The number of hydrogen-bond acceptors (Lipinski definition) is 1. The molecule has 0 radical (unpaired) electrons. The van der Waals surface area contributed by atoms with Crippen LogP contribution >= 0.6 is 0 Å². The molecule has 3 heterocycles. The molecule has 0 amide bonds. The number of aromatic nitrogens is 3. The fourth-order valence-electron chi connectivity index (χ4n) is 9.24. The molecule has 0 fully saturated rings. The topological polar surface area (TPSA) is 22.8 Å². The van der Waals surface area contributed by atoms with Crippen molar-refractivity contribution in [3.05, 3.63) is 199 Å². The second-order valence-corrected chi connectivity index (χ2v) is 16.1. The second kappa shape index (κ2) is 13.9. The van der Waals surface area contributed by atoms with Crippen LogP contribution in [0.1, 0.15) is 37.9 Å². The molecule has 9 aromatic rings. The van der Waals surface area contributed by atoms with E-state index >= 15 is 0 Å². The molecule has 3 aromatic heterocycles. The van der Waals surface area contributed by atoms with Gasteiger partial charge in [0.25, 0.3) is 0 Å². The van der Waals surface area contributed by atoms with Gasteiger partial charge in [-0.2, -0.15) is 0 Å². The van der Waals surface area contributed by atoms with Crippen molar-refractivity contribution in [2.24, 2.45) is 11.8 Å². The molecule has 3 nitrogen and oxygen atoms in total. The monoisotopic (exact) mass is 745 g/mol. The van der Waals surface area contributed by atoms with Gasteiger partial charge in [0.1, 0.15) is 0 Å². The molecular formula is C55H43N3. The lowest BCUT2D eigenvalue weighted by atomic mass is 9.88. The summed E-state index contributed by atoms with van der Waals surface area (Å²) in [5.74, 6) is 0.998. The average Bonchev–Trinajstić information content (AvgIpc) is 3.79. The van der Waals surface area contributed by atoms with Gasteiger partial charge in [-0.25, -0.2) is 4.98 Å². The molecule has 278 valence electrons. The summed E-state index contributed by atoms with van der Waals surface area (Å²) in [6, 6.07) is 55.7. The van der Waals surface area contributed by atoms with Crippen molar-refractivity contribution in [3.63, 3.8) is 0 Å². The number of pyridine rings is 1. The van der Waals surface area contributed by atoms with Crippen LogP contribution in [0.4, 0.5) is 0 Å². The number of benzene rings is 6. The van der Waals surface area contributed by atoms with E-state index in [0.29, 0.717) is 11.8 Å². The molecule has 2 atom stereocenters. The Labute approximate surface area is 339 Å². The lowest BCUT2D eigenvalue weighted by Gasteiger charge is -2.20. The first kappa shape index (κ1) is 34.3. The maximum absolute atomic E-state index is 5.31. The summed E-state index contributed by atoms with van der Waals surface area (Å²) in [6.07, 6.45) is 15.8. The van der Waals surface area contributed by atoms with Crippen LogP contribution < -0.4 is 0 Å². The van der Waals surface area contributed by atoms with Gasteiger partial charge >= 0.3 is 0 Å². The third-order valence-electron chi connectivity index (χ3n) is 12.3. The smallest absolute Gasteiger partial charge is 0.0715 e. The summed E-state index contributed by atoms with van der Waals surface area (Å²) < 4.78 is 4.80. The first-order chi connectivity index (χ1) is 28.6. The number of hydrogen-bond donors (Lipinski definition) is 0. The van der Waals surface area contributed by atoms with Gasteiger partial charge in [0, 0.05) is 38.5 Å². The Kier molecular flexibility index (Phi) is 8.22. The number of allylic oxidation sites excluding steroid dienone is 8. The molecule has 0 saturated heterocycles. The van der Waals surface area contributed by atoms with Crippen LogP contribution in [-0.2, 0) is 0 Å². The van der Waals surface area contributed by atoms with Crippen LogP contribution in [-0.4, -0.2) is 14.1 Å². The molecule has 0 spiro atoms. The van der Waals surface area contributed by atoms with E-state index in [1.54, 1.807) is 0 Å². The lowest BCUT2D eigenvalue weighted by molar-refractivity contribution is 0.739. The molecule has 0 saturated carbocycles. The fourth-order valence-corrected chi connectivity index (χ4v) is 9.24. The standard InChI is InChI=1S/C55H43N3/c1-36-20-22-38(23-21-36)42-33-50(56-51(34-42)45-15-7-6-12-37(45)2)39-24-28-44(29-25-39)57-53-19-11-9-17-47(53)49-32-40(27-31-54(49)57)41-26-30-48-46-16-8-10-18-52(46)58(55(48)35-41)43-13-4-3-5-14-43/h3-11,13-20,22-37H,12,21H2,1-2H3.